The van der Waals surface area contributed by atoms with Crippen LogP contribution in [0.4, 0.5) is 5.69 Å². The summed E-state index contributed by atoms with van der Waals surface area (Å²) in [6.07, 6.45) is 2.63. The van der Waals surface area contributed by atoms with Crippen molar-refractivity contribution < 1.29 is 9.53 Å². The number of ether oxygens (including phenoxy) is 1. The first-order valence-electron chi connectivity index (χ1n) is 7.05. The molecule has 1 aromatic heterocycles. The number of rotatable bonds is 5. The second kappa shape index (κ2) is 7.21. The van der Waals surface area contributed by atoms with E-state index in [1.165, 1.54) is 0 Å². The third-order valence-electron chi connectivity index (χ3n) is 3.12. The summed E-state index contributed by atoms with van der Waals surface area (Å²) < 4.78 is 5.26. The number of hydrogen-bond donors (Lipinski definition) is 2. The second-order valence-electron chi connectivity index (χ2n) is 4.84. The first-order chi connectivity index (χ1) is 9.70. The van der Waals surface area contributed by atoms with Crippen LogP contribution >= 0.6 is 0 Å². The number of carbonyl (C=O) groups excluding carboxylic acids is 1. The van der Waals surface area contributed by atoms with Crippen molar-refractivity contribution >= 4 is 11.6 Å². The van der Waals surface area contributed by atoms with Crippen LogP contribution in [0.15, 0.2) is 12.3 Å². The van der Waals surface area contributed by atoms with E-state index in [1.54, 1.807) is 6.20 Å². The van der Waals surface area contributed by atoms with Gasteiger partial charge in [0, 0.05) is 31.5 Å². The average Bonchev–Trinajstić information content (AvgIpc) is 2.46. The number of nitrogens with one attached hydrogen (secondary N) is 2. The summed E-state index contributed by atoms with van der Waals surface area (Å²) in [6.45, 7) is 7.56. The van der Waals surface area contributed by atoms with Crippen LogP contribution in [-0.4, -0.2) is 48.7 Å². The summed E-state index contributed by atoms with van der Waals surface area (Å²) in [4.78, 5) is 16.6. The van der Waals surface area contributed by atoms with Gasteiger partial charge in [-0.2, -0.15) is 0 Å². The maximum Gasteiger partial charge on any atom is 0.269 e. The van der Waals surface area contributed by atoms with Crippen molar-refractivity contribution in [1.29, 1.82) is 0 Å². The van der Waals surface area contributed by atoms with Crippen LogP contribution in [0.5, 0.6) is 0 Å². The molecule has 110 valence electrons. The Morgan fingerprint density at radius 3 is 2.90 bits per heavy atom. The van der Waals surface area contributed by atoms with E-state index in [0.29, 0.717) is 31.9 Å². The van der Waals surface area contributed by atoms with E-state index in [9.17, 15) is 4.79 Å². The minimum atomic E-state index is -0.127. The van der Waals surface area contributed by atoms with Crippen LogP contribution in [-0.2, 0) is 4.74 Å². The largest absolute Gasteiger partial charge is 0.384 e. The summed E-state index contributed by atoms with van der Waals surface area (Å²) in [5.41, 5.74) is 5.22. The lowest BCUT2D eigenvalue weighted by Crippen LogP contribution is -2.48. The van der Waals surface area contributed by atoms with Crippen molar-refractivity contribution in [2.45, 2.75) is 20.3 Å². The van der Waals surface area contributed by atoms with Crippen molar-refractivity contribution in [3.05, 3.63) is 23.5 Å². The van der Waals surface area contributed by atoms with E-state index in [0.717, 1.165) is 24.3 Å². The highest BCUT2D eigenvalue weighted by molar-refractivity contribution is 5.99. The predicted molar refractivity (Wildman–Crippen MR) is 77.6 cm³/mol. The fraction of sp³-hybridized carbons (Fsp3) is 0.571. The van der Waals surface area contributed by atoms with Crippen molar-refractivity contribution in [2.75, 3.05) is 38.2 Å². The monoisotopic (exact) mass is 278 g/mol. The molecular formula is C14H22N4O2. The normalized spacial score (nSPS) is 15.9. The molecule has 0 saturated carbocycles. The number of morpholine rings is 1. The Kier molecular flexibility index (Phi) is 5.31. The van der Waals surface area contributed by atoms with E-state index in [4.69, 9.17) is 4.74 Å². The molecule has 1 aromatic rings. The zero-order chi connectivity index (χ0) is 14.4. The number of carbonyl (C=O) groups is 1. The van der Waals surface area contributed by atoms with Crippen molar-refractivity contribution in [2.24, 2.45) is 0 Å². The van der Waals surface area contributed by atoms with Crippen molar-refractivity contribution in [3.8, 4) is 0 Å². The fourth-order valence-electron chi connectivity index (χ4n) is 2.03. The molecule has 1 fully saturated rings. The topological polar surface area (TPSA) is 66.5 Å². The van der Waals surface area contributed by atoms with Gasteiger partial charge in [-0.05, 0) is 19.4 Å². The maximum atomic E-state index is 12.3. The van der Waals surface area contributed by atoms with Crippen LogP contribution in [0, 0.1) is 6.92 Å². The number of hydrogen-bond acceptors (Lipinski definition) is 5. The van der Waals surface area contributed by atoms with Crippen LogP contribution in [0.2, 0.25) is 0 Å². The number of pyridine rings is 1. The van der Waals surface area contributed by atoms with Gasteiger partial charge in [0.05, 0.1) is 24.5 Å². The van der Waals surface area contributed by atoms with E-state index in [1.807, 2.05) is 18.0 Å². The maximum absolute atomic E-state index is 12.3. The van der Waals surface area contributed by atoms with E-state index < -0.39 is 0 Å². The molecule has 2 rings (SSSR count). The number of amides is 1. The summed E-state index contributed by atoms with van der Waals surface area (Å²) in [7, 11) is 0. The Morgan fingerprint density at radius 2 is 2.20 bits per heavy atom. The Bertz CT molecular complexity index is 458. The molecule has 1 amide bonds. The summed E-state index contributed by atoms with van der Waals surface area (Å²) in [5, 5.41) is 5.16. The third kappa shape index (κ3) is 3.91. The summed E-state index contributed by atoms with van der Waals surface area (Å²) in [5.74, 6) is -0.127. The minimum Gasteiger partial charge on any atom is -0.384 e. The van der Waals surface area contributed by atoms with Crippen LogP contribution in [0.25, 0.3) is 0 Å². The van der Waals surface area contributed by atoms with Gasteiger partial charge in [0.2, 0.25) is 0 Å². The van der Waals surface area contributed by atoms with Gasteiger partial charge in [-0.1, -0.05) is 6.92 Å². The Balaban J connectivity index is 2.07. The molecular weight excluding hydrogens is 256 g/mol. The highest BCUT2D eigenvalue weighted by Gasteiger charge is 2.17. The van der Waals surface area contributed by atoms with Crippen LogP contribution in [0.1, 0.15) is 29.4 Å². The van der Waals surface area contributed by atoms with Crippen molar-refractivity contribution in [3.63, 3.8) is 0 Å². The smallest absolute Gasteiger partial charge is 0.269 e. The van der Waals surface area contributed by atoms with Gasteiger partial charge < -0.3 is 10.1 Å². The zero-order valence-corrected chi connectivity index (χ0v) is 12.1. The molecule has 0 aromatic carbocycles. The van der Waals surface area contributed by atoms with Gasteiger partial charge in [0.25, 0.3) is 5.91 Å². The summed E-state index contributed by atoms with van der Waals surface area (Å²) >= 11 is 0. The van der Waals surface area contributed by atoms with Crippen LogP contribution < -0.4 is 10.7 Å². The van der Waals surface area contributed by atoms with Gasteiger partial charge in [-0.3, -0.25) is 15.2 Å². The van der Waals surface area contributed by atoms with Gasteiger partial charge in [0.1, 0.15) is 0 Å². The second-order valence-corrected chi connectivity index (χ2v) is 4.84. The molecule has 0 unspecified atom stereocenters. The molecule has 6 nitrogen and oxygen atoms in total. The molecule has 0 radical (unpaired) electrons. The number of anilines is 1. The number of aryl methyl sites for hydroxylation is 1. The molecule has 20 heavy (non-hydrogen) atoms. The molecule has 0 atom stereocenters. The molecule has 2 N–H and O–H groups in total. The molecule has 1 aliphatic rings. The SMILES string of the molecule is CCCNc1cc(C)ncc1C(=O)NN1CCOCC1. The standard InChI is InChI=1S/C14H22N4O2/c1-3-4-15-13-9-11(2)16-10-12(13)14(19)17-18-5-7-20-8-6-18/h9-10H,3-8H2,1-2H3,(H,15,16)(H,17,19). The lowest BCUT2D eigenvalue weighted by molar-refractivity contribution is 0.0126. The quantitative estimate of drug-likeness (QED) is 0.847. The molecule has 0 spiro atoms. The van der Waals surface area contributed by atoms with E-state index >= 15 is 0 Å². The van der Waals surface area contributed by atoms with E-state index in [2.05, 4.69) is 22.7 Å². The predicted octanol–water partition coefficient (Wildman–Crippen LogP) is 1.19. The summed E-state index contributed by atoms with van der Waals surface area (Å²) in [6, 6.07) is 1.91. The highest BCUT2D eigenvalue weighted by atomic mass is 16.5. The fourth-order valence-corrected chi connectivity index (χ4v) is 2.03. The number of aromatic nitrogens is 1. The molecule has 0 aliphatic carbocycles. The van der Waals surface area contributed by atoms with E-state index in [-0.39, 0.29) is 5.91 Å². The Labute approximate surface area is 119 Å². The molecule has 1 saturated heterocycles. The van der Waals surface area contributed by atoms with Gasteiger partial charge in [0.15, 0.2) is 0 Å². The molecule has 6 heteroatoms. The Hall–Kier alpha value is -1.66. The zero-order valence-electron chi connectivity index (χ0n) is 12.1. The number of hydrazine groups is 1. The number of nitrogens with zero attached hydrogens (tertiary/aromatic N) is 2. The van der Waals surface area contributed by atoms with Gasteiger partial charge >= 0.3 is 0 Å². The van der Waals surface area contributed by atoms with Crippen molar-refractivity contribution in [1.82, 2.24) is 15.4 Å². The highest BCUT2D eigenvalue weighted by Crippen LogP contribution is 2.16. The first-order valence-corrected chi connectivity index (χ1v) is 7.05. The molecule has 1 aliphatic heterocycles. The lowest BCUT2D eigenvalue weighted by atomic mass is 10.2. The average molecular weight is 278 g/mol. The van der Waals surface area contributed by atoms with Gasteiger partial charge in [-0.25, -0.2) is 5.01 Å². The first kappa shape index (κ1) is 14.7. The minimum absolute atomic E-state index is 0.127. The Morgan fingerprint density at radius 1 is 1.45 bits per heavy atom. The van der Waals surface area contributed by atoms with Gasteiger partial charge in [-0.15, -0.1) is 0 Å². The lowest BCUT2D eigenvalue weighted by Gasteiger charge is -2.27. The van der Waals surface area contributed by atoms with Crippen LogP contribution in [0.3, 0.4) is 0 Å². The molecule has 2 heterocycles. The molecule has 0 bridgehead atoms. The third-order valence-corrected chi connectivity index (χ3v) is 3.12.